The van der Waals surface area contributed by atoms with Gasteiger partial charge in [-0.05, 0) is 60.2 Å². The first-order valence-corrected chi connectivity index (χ1v) is 9.83. The molecule has 0 fully saturated rings. The molecule has 3 aromatic rings. The molecule has 0 heterocycles. The molecule has 3 rings (SSSR count). The lowest BCUT2D eigenvalue weighted by Crippen LogP contribution is -2.32. The Balaban J connectivity index is 1.58. The highest BCUT2D eigenvalue weighted by Gasteiger charge is 2.11. The molecular formula is C25H27NO3. The monoisotopic (exact) mass is 389 g/mol. The van der Waals surface area contributed by atoms with Crippen molar-refractivity contribution in [2.45, 2.75) is 32.4 Å². The van der Waals surface area contributed by atoms with Gasteiger partial charge in [0.2, 0.25) is 0 Å². The van der Waals surface area contributed by atoms with Crippen molar-refractivity contribution in [1.82, 2.24) is 5.32 Å². The zero-order chi connectivity index (χ0) is 20.8. The predicted molar refractivity (Wildman–Crippen MR) is 116 cm³/mol. The highest BCUT2D eigenvalue weighted by atomic mass is 16.4. The molecule has 0 aliphatic rings. The van der Waals surface area contributed by atoms with E-state index >= 15 is 0 Å². The summed E-state index contributed by atoms with van der Waals surface area (Å²) in [5.41, 5.74) is 5.49. The molecule has 0 radical (unpaired) electrons. The quantitative estimate of drug-likeness (QED) is 0.526. The molecule has 4 heteroatoms. The predicted octanol–water partition coefficient (Wildman–Crippen LogP) is 4.61. The summed E-state index contributed by atoms with van der Waals surface area (Å²) >= 11 is 0. The number of aliphatic hydroxyl groups excluding tert-OH is 1. The first-order valence-electron chi connectivity index (χ1n) is 9.83. The lowest BCUT2D eigenvalue weighted by Gasteiger charge is -2.18. The summed E-state index contributed by atoms with van der Waals surface area (Å²) < 4.78 is 0. The van der Waals surface area contributed by atoms with Gasteiger partial charge < -0.3 is 15.5 Å². The molecule has 0 bridgehead atoms. The first-order chi connectivity index (χ1) is 13.9. The van der Waals surface area contributed by atoms with Crippen molar-refractivity contribution in [1.29, 1.82) is 0 Å². The second-order valence-electron chi connectivity index (χ2n) is 7.47. The van der Waals surface area contributed by atoms with Crippen molar-refractivity contribution in [2.75, 3.05) is 6.54 Å². The molecule has 0 spiro atoms. The molecule has 0 saturated carbocycles. The lowest BCUT2D eigenvalue weighted by atomic mass is 9.96. The average molecular weight is 389 g/mol. The van der Waals surface area contributed by atoms with Crippen molar-refractivity contribution in [2.24, 2.45) is 0 Å². The van der Waals surface area contributed by atoms with Crippen LogP contribution in [0.5, 0.6) is 0 Å². The number of aliphatic hydroxyl groups is 1. The van der Waals surface area contributed by atoms with Gasteiger partial charge in [0.05, 0.1) is 11.7 Å². The fourth-order valence-corrected chi connectivity index (χ4v) is 3.47. The third-order valence-corrected chi connectivity index (χ3v) is 5.12. The minimum Gasteiger partial charge on any atom is -0.478 e. The lowest BCUT2D eigenvalue weighted by molar-refractivity contribution is 0.0697. The minimum atomic E-state index is -0.908. The Labute approximate surface area is 171 Å². The molecule has 29 heavy (non-hydrogen) atoms. The number of carboxylic acids is 1. The Kier molecular flexibility index (Phi) is 6.81. The molecular weight excluding hydrogens is 362 g/mol. The summed E-state index contributed by atoms with van der Waals surface area (Å²) in [5, 5.41) is 22.8. The normalized spacial score (nSPS) is 13.1. The van der Waals surface area contributed by atoms with Crippen molar-refractivity contribution >= 4 is 5.97 Å². The Bertz CT molecular complexity index is 952. The molecule has 0 amide bonds. The van der Waals surface area contributed by atoms with Gasteiger partial charge in [-0.3, -0.25) is 0 Å². The number of aromatic carboxylic acids is 1. The summed E-state index contributed by atoms with van der Waals surface area (Å²) in [6.07, 6.45) is 0.344. The summed E-state index contributed by atoms with van der Waals surface area (Å²) in [7, 11) is 0. The smallest absolute Gasteiger partial charge is 0.335 e. The maximum Gasteiger partial charge on any atom is 0.335 e. The van der Waals surface area contributed by atoms with Crippen LogP contribution in [0.15, 0.2) is 72.8 Å². The van der Waals surface area contributed by atoms with Crippen molar-refractivity contribution in [3.63, 3.8) is 0 Å². The van der Waals surface area contributed by atoms with Crippen LogP contribution in [0, 0.1) is 6.92 Å². The number of carboxylic acid groups (broad SMARTS) is 1. The third-order valence-electron chi connectivity index (χ3n) is 5.12. The van der Waals surface area contributed by atoms with Crippen molar-refractivity contribution in [3.8, 4) is 11.1 Å². The number of benzene rings is 3. The molecule has 0 unspecified atom stereocenters. The number of carbonyl (C=O) groups is 1. The van der Waals surface area contributed by atoms with Crippen LogP contribution in [0.3, 0.4) is 0 Å². The fraction of sp³-hybridized carbons (Fsp3) is 0.240. The molecule has 3 N–H and O–H groups in total. The van der Waals surface area contributed by atoms with E-state index in [0.29, 0.717) is 12.1 Å². The average Bonchev–Trinajstić information content (AvgIpc) is 2.73. The zero-order valence-electron chi connectivity index (χ0n) is 16.8. The summed E-state index contributed by atoms with van der Waals surface area (Å²) in [4.78, 5) is 11.1. The van der Waals surface area contributed by atoms with Crippen LogP contribution >= 0.6 is 0 Å². The van der Waals surface area contributed by atoms with Gasteiger partial charge >= 0.3 is 5.97 Å². The zero-order valence-corrected chi connectivity index (χ0v) is 16.8. The standard InChI is InChI=1S/C25H27NO3/c1-17-14-22(25(28)29)12-13-23(17)20-10-8-19(9-11-20)15-18(2)26-16-24(27)21-6-4-3-5-7-21/h3-14,18,24,26-27H,15-16H2,1-2H3,(H,28,29)/t18-,24-/m1/s1. The molecule has 4 nitrogen and oxygen atoms in total. The molecule has 3 aromatic carbocycles. The van der Waals surface area contributed by atoms with E-state index in [0.717, 1.165) is 28.7 Å². The molecule has 0 aromatic heterocycles. The molecule has 2 atom stereocenters. The SMILES string of the molecule is Cc1cc(C(=O)O)ccc1-c1ccc(C[C@@H](C)NC[C@@H](O)c2ccccc2)cc1. The van der Waals surface area contributed by atoms with Gasteiger partial charge in [0.15, 0.2) is 0 Å². The van der Waals surface area contributed by atoms with Crippen molar-refractivity contribution in [3.05, 3.63) is 95.1 Å². The van der Waals surface area contributed by atoms with Crippen molar-refractivity contribution < 1.29 is 15.0 Å². The van der Waals surface area contributed by atoms with Crippen LogP contribution in [0.2, 0.25) is 0 Å². The topological polar surface area (TPSA) is 69.6 Å². The Morgan fingerprint density at radius 3 is 2.31 bits per heavy atom. The van der Waals surface area contributed by atoms with Crippen LogP contribution in [0.1, 0.15) is 40.1 Å². The first kappa shape index (κ1) is 20.8. The van der Waals surface area contributed by atoms with E-state index in [2.05, 4.69) is 36.5 Å². The van der Waals surface area contributed by atoms with Crippen LogP contribution in [0.4, 0.5) is 0 Å². The Hall–Kier alpha value is -2.95. The van der Waals surface area contributed by atoms with E-state index in [1.54, 1.807) is 12.1 Å². The summed E-state index contributed by atoms with van der Waals surface area (Å²) in [6.45, 7) is 4.55. The van der Waals surface area contributed by atoms with Crippen LogP contribution in [-0.4, -0.2) is 28.8 Å². The van der Waals surface area contributed by atoms with Gasteiger partial charge in [-0.15, -0.1) is 0 Å². The van der Waals surface area contributed by atoms with Crippen LogP contribution in [0.25, 0.3) is 11.1 Å². The molecule has 0 saturated heterocycles. The second kappa shape index (κ2) is 9.50. The number of nitrogens with one attached hydrogen (secondary N) is 1. The molecule has 150 valence electrons. The number of hydrogen-bond donors (Lipinski definition) is 3. The van der Waals surface area contributed by atoms with Gasteiger partial charge in [-0.1, -0.05) is 60.7 Å². The maximum atomic E-state index is 11.1. The highest BCUT2D eigenvalue weighted by molar-refractivity contribution is 5.89. The van der Waals surface area contributed by atoms with E-state index in [-0.39, 0.29) is 6.04 Å². The van der Waals surface area contributed by atoms with E-state index in [9.17, 15) is 9.90 Å². The minimum absolute atomic E-state index is 0.232. The molecule has 0 aliphatic heterocycles. The largest absolute Gasteiger partial charge is 0.478 e. The summed E-state index contributed by atoms with van der Waals surface area (Å²) in [6, 6.07) is 23.5. The van der Waals surface area contributed by atoms with E-state index < -0.39 is 12.1 Å². The fourth-order valence-electron chi connectivity index (χ4n) is 3.47. The van der Waals surface area contributed by atoms with E-state index in [1.807, 2.05) is 43.3 Å². The van der Waals surface area contributed by atoms with Crippen LogP contribution in [-0.2, 0) is 6.42 Å². The van der Waals surface area contributed by atoms with Gasteiger partial charge in [0.1, 0.15) is 0 Å². The number of hydrogen-bond acceptors (Lipinski definition) is 3. The summed E-state index contributed by atoms with van der Waals surface area (Å²) in [5.74, 6) is -0.908. The van der Waals surface area contributed by atoms with Gasteiger partial charge in [-0.25, -0.2) is 4.79 Å². The highest BCUT2D eigenvalue weighted by Crippen LogP contribution is 2.25. The van der Waals surface area contributed by atoms with Gasteiger partial charge in [-0.2, -0.15) is 0 Å². The number of rotatable bonds is 8. The maximum absolute atomic E-state index is 11.1. The van der Waals surface area contributed by atoms with E-state index in [1.165, 1.54) is 5.56 Å². The Morgan fingerprint density at radius 2 is 1.69 bits per heavy atom. The van der Waals surface area contributed by atoms with Gasteiger partial charge in [0.25, 0.3) is 0 Å². The Morgan fingerprint density at radius 1 is 1.00 bits per heavy atom. The van der Waals surface area contributed by atoms with Crippen LogP contribution < -0.4 is 5.32 Å². The molecule has 0 aliphatic carbocycles. The second-order valence-corrected chi connectivity index (χ2v) is 7.47. The van der Waals surface area contributed by atoms with E-state index in [4.69, 9.17) is 5.11 Å². The van der Waals surface area contributed by atoms with Gasteiger partial charge in [0, 0.05) is 12.6 Å². The third kappa shape index (κ3) is 5.53. The number of aryl methyl sites for hydroxylation is 1.